The highest BCUT2D eigenvalue weighted by Crippen LogP contribution is 2.25. The number of anilines is 2. The summed E-state index contributed by atoms with van der Waals surface area (Å²) in [6.07, 6.45) is 3.20. The van der Waals surface area contributed by atoms with Crippen LogP contribution in [0.25, 0.3) is 0 Å². The minimum absolute atomic E-state index is 0.196. The smallest absolute Gasteiger partial charge is 0.306 e. The number of carbonyl (C=O) groups is 1. The summed E-state index contributed by atoms with van der Waals surface area (Å²) in [6.45, 7) is 2.29. The quantitative estimate of drug-likeness (QED) is 0.859. The lowest BCUT2D eigenvalue weighted by Crippen LogP contribution is -2.36. The van der Waals surface area contributed by atoms with Gasteiger partial charge < -0.3 is 15.3 Å². The second-order valence-electron chi connectivity index (χ2n) is 5.58. The third kappa shape index (κ3) is 4.14. The van der Waals surface area contributed by atoms with Gasteiger partial charge in [0.25, 0.3) is 0 Å². The first-order valence-corrected chi connectivity index (χ1v) is 8.73. The molecule has 1 saturated heterocycles. The third-order valence-electron chi connectivity index (χ3n) is 4.07. The Balaban J connectivity index is 1.54. The summed E-state index contributed by atoms with van der Waals surface area (Å²) in [7, 11) is 0. The maximum Gasteiger partial charge on any atom is 0.306 e. The summed E-state index contributed by atoms with van der Waals surface area (Å²) in [5.74, 6) is -0.870. The van der Waals surface area contributed by atoms with Crippen LogP contribution in [0.4, 0.5) is 11.4 Å². The fourth-order valence-corrected chi connectivity index (χ4v) is 3.65. The van der Waals surface area contributed by atoms with Gasteiger partial charge in [0.15, 0.2) is 4.47 Å². The number of thiazole rings is 1. The van der Waals surface area contributed by atoms with Crippen LogP contribution in [0.15, 0.2) is 30.5 Å². The molecule has 1 aromatic heterocycles. The molecule has 1 aliphatic heterocycles. The molecular weight excluding hydrogens is 334 g/mol. The van der Waals surface area contributed by atoms with Crippen molar-refractivity contribution >= 4 is 40.3 Å². The van der Waals surface area contributed by atoms with Crippen molar-refractivity contribution in [2.24, 2.45) is 5.92 Å². The Bertz CT molecular complexity index is 666. The minimum Gasteiger partial charge on any atom is -0.481 e. The predicted octanol–water partition coefficient (Wildman–Crippen LogP) is 3.71. The largest absolute Gasteiger partial charge is 0.481 e. The average Bonchev–Trinajstić information content (AvgIpc) is 2.99. The number of aromatic nitrogens is 1. The molecule has 1 fully saturated rings. The molecule has 1 aromatic carbocycles. The van der Waals surface area contributed by atoms with Crippen molar-refractivity contribution < 1.29 is 9.90 Å². The molecule has 0 radical (unpaired) electrons. The molecule has 5 nitrogen and oxygen atoms in total. The predicted molar refractivity (Wildman–Crippen MR) is 93.5 cm³/mol. The lowest BCUT2D eigenvalue weighted by Gasteiger charge is -2.32. The topological polar surface area (TPSA) is 65.5 Å². The van der Waals surface area contributed by atoms with Crippen molar-refractivity contribution in [2.75, 3.05) is 23.3 Å². The van der Waals surface area contributed by atoms with Crippen molar-refractivity contribution in [3.63, 3.8) is 0 Å². The van der Waals surface area contributed by atoms with E-state index in [9.17, 15) is 4.79 Å². The van der Waals surface area contributed by atoms with E-state index in [-0.39, 0.29) is 5.92 Å². The Morgan fingerprint density at radius 3 is 2.61 bits per heavy atom. The van der Waals surface area contributed by atoms with Gasteiger partial charge in [0, 0.05) is 35.5 Å². The molecule has 3 rings (SSSR count). The van der Waals surface area contributed by atoms with Crippen LogP contribution < -0.4 is 10.2 Å². The van der Waals surface area contributed by atoms with E-state index in [0.29, 0.717) is 23.9 Å². The third-order valence-corrected chi connectivity index (χ3v) is 5.18. The molecule has 2 heterocycles. The maximum absolute atomic E-state index is 11.0. The first-order valence-electron chi connectivity index (χ1n) is 7.54. The van der Waals surface area contributed by atoms with E-state index in [1.807, 2.05) is 12.1 Å². The van der Waals surface area contributed by atoms with Crippen LogP contribution in [0.5, 0.6) is 0 Å². The lowest BCUT2D eigenvalue weighted by atomic mass is 9.97. The minimum atomic E-state index is -0.674. The zero-order valence-electron chi connectivity index (χ0n) is 12.5. The summed E-state index contributed by atoms with van der Waals surface area (Å²) in [6, 6.07) is 8.23. The number of rotatable bonds is 5. The van der Waals surface area contributed by atoms with E-state index >= 15 is 0 Å². The van der Waals surface area contributed by atoms with Gasteiger partial charge in [-0.3, -0.25) is 4.79 Å². The molecular formula is C16H18ClN3O2S. The van der Waals surface area contributed by atoms with E-state index < -0.39 is 5.97 Å². The number of halogens is 1. The molecule has 0 unspecified atom stereocenters. The van der Waals surface area contributed by atoms with Crippen LogP contribution in [-0.2, 0) is 11.3 Å². The van der Waals surface area contributed by atoms with E-state index in [1.54, 1.807) is 6.20 Å². The molecule has 0 amide bonds. The number of carboxylic acid groups (broad SMARTS) is 1. The van der Waals surface area contributed by atoms with Gasteiger partial charge in [-0.2, -0.15) is 0 Å². The van der Waals surface area contributed by atoms with Crippen LogP contribution in [0.1, 0.15) is 17.7 Å². The van der Waals surface area contributed by atoms with Crippen molar-refractivity contribution in [2.45, 2.75) is 19.4 Å². The van der Waals surface area contributed by atoms with E-state index in [4.69, 9.17) is 16.7 Å². The normalized spacial score (nSPS) is 15.6. The summed E-state index contributed by atoms with van der Waals surface area (Å²) in [5, 5.41) is 12.4. The zero-order chi connectivity index (χ0) is 16.2. The van der Waals surface area contributed by atoms with Crippen LogP contribution in [0, 0.1) is 5.92 Å². The molecule has 122 valence electrons. The highest BCUT2D eigenvalue weighted by Gasteiger charge is 2.24. The van der Waals surface area contributed by atoms with Crippen molar-refractivity contribution in [1.82, 2.24) is 4.98 Å². The molecule has 23 heavy (non-hydrogen) atoms. The first kappa shape index (κ1) is 16.1. The van der Waals surface area contributed by atoms with Crippen LogP contribution in [0.3, 0.4) is 0 Å². The molecule has 0 saturated carbocycles. The maximum atomic E-state index is 11.0. The van der Waals surface area contributed by atoms with E-state index in [0.717, 1.165) is 29.3 Å². The molecule has 7 heteroatoms. The second kappa shape index (κ2) is 7.19. The summed E-state index contributed by atoms with van der Waals surface area (Å²) < 4.78 is 0.557. The number of aliphatic carboxylic acids is 1. The number of hydrogen-bond acceptors (Lipinski definition) is 5. The fourth-order valence-electron chi connectivity index (χ4n) is 2.73. The summed E-state index contributed by atoms with van der Waals surface area (Å²) >= 11 is 7.29. The molecule has 0 aliphatic carbocycles. The first-order chi connectivity index (χ1) is 11.1. The van der Waals surface area contributed by atoms with Gasteiger partial charge in [-0.15, -0.1) is 11.3 Å². The van der Waals surface area contributed by atoms with E-state index in [2.05, 4.69) is 27.3 Å². The fraction of sp³-hybridized carbons (Fsp3) is 0.375. The number of carboxylic acids is 1. The standard InChI is InChI=1S/C16H18ClN3O2S/c17-16-19-10-14(23-16)9-18-12-1-3-13(4-2-12)20-7-5-11(6-8-20)15(21)22/h1-4,10-11,18H,5-9H2,(H,21,22). The Morgan fingerprint density at radius 1 is 1.35 bits per heavy atom. The monoisotopic (exact) mass is 351 g/mol. The van der Waals surface area contributed by atoms with Gasteiger partial charge in [-0.25, -0.2) is 4.98 Å². The molecule has 2 N–H and O–H groups in total. The lowest BCUT2D eigenvalue weighted by molar-refractivity contribution is -0.142. The second-order valence-corrected chi connectivity index (χ2v) is 7.28. The number of benzene rings is 1. The number of nitrogens with one attached hydrogen (secondary N) is 1. The Labute approximate surface area is 143 Å². The van der Waals surface area contributed by atoms with Gasteiger partial charge in [0.1, 0.15) is 0 Å². The van der Waals surface area contributed by atoms with Gasteiger partial charge in [-0.1, -0.05) is 11.6 Å². The van der Waals surface area contributed by atoms with Crippen LogP contribution >= 0.6 is 22.9 Å². The SMILES string of the molecule is O=C(O)C1CCN(c2ccc(NCc3cnc(Cl)s3)cc2)CC1. The summed E-state index contributed by atoms with van der Waals surface area (Å²) in [5.41, 5.74) is 2.18. The zero-order valence-corrected chi connectivity index (χ0v) is 14.1. The average molecular weight is 352 g/mol. The molecule has 0 atom stereocenters. The number of piperidine rings is 1. The highest BCUT2D eigenvalue weighted by atomic mass is 35.5. The van der Waals surface area contributed by atoms with Crippen molar-refractivity contribution in [1.29, 1.82) is 0 Å². The van der Waals surface area contributed by atoms with Crippen molar-refractivity contribution in [3.05, 3.63) is 39.8 Å². The summed E-state index contributed by atoms with van der Waals surface area (Å²) in [4.78, 5) is 18.3. The highest BCUT2D eigenvalue weighted by molar-refractivity contribution is 7.15. The van der Waals surface area contributed by atoms with Gasteiger partial charge in [0.05, 0.1) is 12.5 Å². The molecule has 0 bridgehead atoms. The van der Waals surface area contributed by atoms with Crippen LogP contribution in [-0.4, -0.2) is 29.1 Å². The van der Waals surface area contributed by atoms with Crippen molar-refractivity contribution in [3.8, 4) is 0 Å². The Kier molecular flexibility index (Phi) is 5.03. The van der Waals surface area contributed by atoms with E-state index in [1.165, 1.54) is 11.3 Å². The van der Waals surface area contributed by atoms with Gasteiger partial charge >= 0.3 is 5.97 Å². The number of hydrogen-bond donors (Lipinski definition) is 2. The van der Waals surface area contributed by atoms with Crippen LogP contribution in [0.2, 0.25) is 4.47 Å². The Morgan fingerprint density at radius 2 is 2.04 bits per heavy atom. The van der Waals surface area contributed by atoms with Gasteiger partial charge in [0.2, 0.25) is 0 Å². The molecule has 2 aromatic rings. The number of nitrogens with zero attached hydrogens (tertiary/aromatic N) is 2. The molecule has 1 aliphatic rings. The van der Waals surface area contributed by atoms with Gasteiger partial charge in [-0.05, 0) is 37.1 Å². The molecule has 0 spiro atoms. The Hall–Kier alpha value is -1.79.